The Kier molecular flexibility index (Phi) is 7.87. The molecule has 0 radical (unpaired) electrons. The molecule has 1 nitrogen and oxygen atoms in total. The number of rotatable bonds is 10. The molecule has 0 fully saturated rings. The molecule has 180 valence electrons. The molecule has 1 N–H and O–H groups in total. The highest BCUT2D eigenvalue weighted by molar-refractivity contribution is 5.19. The molecule has 0 rings (SSSR count). The van der Waals surface area contributed by atoms with E-state index in [1.165, 1.54) is 6.92 Å². The van der Waals surface area contributed by atoms with Gasteiger partial charge in [-0.25, -0.2) is 4.39 Å². The zero-order valence-electron chi connectivity index (χ0n) is 14.2. The van der Waals surface area contributed by atoms with Crippen molar-refractivity contribution in [2.24, 2.45) is 0 Å². The van der Waals surface area contributed by atoms with Gasteiger partial charge in [0.05, 0.1) is 0 Å². The first-order valence-corrected chi connectivity index (χ1v) is 7.38. The van der Waals surface area contributed by atoms with E-state index in [1.54, 1.807) is 0 Å². The summed E-state index contributed by atoms with van der Waals surface area (Å²) in [6.07, 6.45) is -7.99. The Balaban J connectivity index is 6.35. The van der Waals surface area contributed by atoms with Gasteiger partial charge in [0, 0.05) is 6.54 Å². The van der Waals surface area contributed by atoms with Crippen LogP contribution in [-0.4, -0.2) is 54.8 Å². The number of halogens is 16. The van der Waals surface area contributed by atoms with Gasteiger partial charge in [-0.05, 0) is 19.0 Å². The normalized spacial score (nSPS) is 16.2. The van der Waals surface area contributed by atoms with Crippen LogP contribution in [0.4, 0.5) is 70.2 Å². The molecule has 0 aliphatic heterocycles. The zero-order valence-corrected chi connectivity index (χ0v) is 14.2. The van der Waals surface area contributed by atoms with E-state index in [4.69, 9.17) is 0 Å². The zero-order chi connectivity index (χ0) is 24.6. The van der Waals surface area contributed by atoms with Crippen LogP contribution in [0.2, 0.25) is 0 Å². The van der Waals surface area contributed by atoms with Crippen LogP contribution >= 0.6 is 0 Å². The Labute approximate surface area is 157 Å². The molecule has 0 saturated carbocycles. The molecule has 30 heavy (non-hydrogen) atoms. The second kappa shape index (κ2) is 8.26. The first kappa shape index (κ1) is 28.6. The van der Waals surface area contributed by atoms with Crippen molar-refractivity contribution < 1.29 is 70.2 Å². The third-order valence-electron chi connectivity index (χ3n) is 3.48. The molecule has 0 heterocycles. The van der Waals surface area contributed by atoms with Gasteiger partial charge in [0.1, 0.15) is 0 Å². The van der Waals surface area contributed by atoms with Crippen molar-refractivity contribution >= 4 is 0 Å². The molecule has 0 unspecified atom stereocenters. The summed E-state index contributed by atoms with van der Waals surface area (Å²) in [5.41, 5.74) is 0. The van der Waals surface area contributed by atoms with Gasteiger partial charge in [-0.15, -0.1) is 0 Å². The fourth-order valence-electron chi connectivity index (χ4n) is 1.69. The monoisotopic (exact) mass is 485 g/mol. The number of nitrogens with one attached hydrogen (secondary N) is 1. The molecule has 0 spiro atoms. The summed E-state index contributed by atoms with van der Waals surface area (Å²) in [6.45, 7) is 0.323. The number of alkyl halides is 15. The van der Waals surface area contributed by atoms with E-state index in [1.807, 2.05) is 5.32 Å². The van der Waals surface area contributed by atoms with E-state index in [-0.39, 0.29) is 13.0 Å². The molecule has 0 aliphatic rings. The molecule has 17 heteroatoms. The molecular formula is C13H11F16N. The van der Waals surface area contributed by atoms with Crippen molar-refractivity contribution in [2.75, 3.05) is 13.1 Å². The molecule has 0 atom stereocenters. The molecule has 0 aromatic carbocycles. The largest absolute Gasteiger partial charge is 0.460 e. The summed E-state index contributed by atoms with van der Waals surface area (Å²) >= 11 is 0. The van der Waals surface area contributed by atoms with Crippen LogP contribution in [0.1, 0.15) is 13.3 Å². The van der Waals surface area contributed by atoms with Crippen LogP contribution in [0.25, 0.3) is 0 Å². The van der Waals surface area contributed by atoms with Crippen LogP contribution in [0.15, 0.2) is 11.9 Å². The summed E-state index contributed by atoms with van der Waals surface area (Å²) in [4.78, 5) is 0. The average Bonchev–Trinajstić information content (AvgIpc) is 2.56. The van der Waals surface area contributed by atoms with E-state index in [0.29, 0.717) is 0 Å². The summed E-state index contributed by atoms with van der Waals surface area (Å²) in [6, 6.07) is 0. The van der Waals surface area contributed by atoms with Gasteiger partial charge in [-0.1, -0.05) is 6.92 Å². The van der Waals surface area contributed by atoms with E-state index in [0.717, 1.165) is 0 Å². The minimum atomic E-state index is -8.42. The van der Waals surface area contributed by atoms with Crippen molar-refractivity contribution in [3.05, 3.63) is 11.9 Å². The lowest BCUT2D eigenvalue weighted by Gasteiger charge is -2.41. The van der Waals surface area contributed by atoms with E-state index in [2.05, 4.69) is 0 Å². The average molecular weight is 485 g/mol. The maximum Gasteiger partial charge on any atom is 0.460 e. The van der Waals surface area contributed by atoms with Crippen molar-refractivity contribution in [2.45, 2.75) is 55.1 Å². The second-order valence-electron chi connectivity index (χ2n) is 5.70. The SMILES string of the molecule is CCCNCC=C(F)C(F)(F)C(F)(F)C(F)(F)C(F)(F)C(F)(F)C(F)(F)C(F)(F)F. The standard InChI is InChI=1S/C13H11F16N/c1-2-4-30-5-3-6(14)7(15,16)8(17,18)9(19,20)10(21,22)11(23,24)12(25,26)13(27,28)29/h3,30H,2,4-5H2,1H3. The van der Waals surface area contributed by atoms with Crippen molar-refractivity contribution in [3.63, 3.8) is 0 Å². The predicted molar refractivity (Wildman–Crippen MR) is 68.1 cm³/mol. The third kappa shape index (κ3) is 4.17. The topological polar surface area (TPSA) is 12.0 Å². The number of hydrogen-bond acceptors (Lipinski definition) is 1. The summed E-state index contributed by atoms with van der Waals surface area (Å²) in [5.74, 6) is -51.5. The van der Waals surface area contributed by atoms with Crippen LogP contribution in [-0.2, 0) is 0 Å². The van der Waals surface area contributed by atoms with Crippen LogP contribution < -0.4 is 5.32 Å². The molecule has 0 saturated heterocycles. The van der Waals surface area contributed by atoms with Gasteiger partial charge in [0.15, 0.2) is 5.83 Å². The highest BCUT2D eigenvalue weighted by Crippen LogP contribution is 2.63. The van der Waals surface area contributed by atoms with Crippen molar-refractivity contribution in [1.29, 1.82) is 0 Å². The molecule has 0 aliphatic carbocycles. The Morgan fingerprint density at radius 2 is 1.00 bits per heavy atom. The Hall–Kier alpha value is -1.42. The van der Waals surface area contributed by atoms with Crippen molar-refractivity contribution in [1.82, 2.24) is 5.32 Å². The van der Waals surface area contributed by atoms with Gasteiger partial charge in [0.25, 0.3) is 0 Å². The van der Waals surface area contributed by atoms with Crippen LogP contribution in [0.5, 0.6) is 0 Å². The number of allylic oxidation sites excluding steroid dienone is 1. The molecule has 0 aromatic rings. The molecule has 0 amide bonds. The van der Waals surface area contributed by atoms with E-state index in [9.17, 15) is 70.2 Å². The summed E-state index contributed by atoms with van der Waals surface area (Å²) in [7, 11) is 0. The number of hydrogen-bond donors (Lipinski definition) is 1. The third-order valence-corrected chi connectivity index (χ3v) is 3.48. The fraction of sp³-hybridized carbons (Fsp3) is 0.846. The van der Waals surface area contributed by atoms with Gasteiger partial charge in [-0.2, -0.15) is 65.9 Å². The van der Waals surface area contributed by atoms with Crippen LogP contribution in [0.3, 0.4) is 0 Å². The Bertz CT molecular complexity index is 617. The van der Waals surface area contributed by atoms with E-state index < -0.39 is 60.2 Å². The molecule has 0 aromatic heterocycles. The quantitative estimate of drug-likeness (QED) is 0.287. The minimum absolute atomic E-state index is 0.0707. The summed E-state index contributed by atoms with van der Waals surface area (Å²) < 4.78 is 207. The van der Waals surface area contributed by atoms with E-state index >= 15 is 0 Å². The summed E-state index contributed by atoms with van der Waals surface area (Å²) in [5, 5.41) is 2.04. The predicted octanol–water partition coefficient (Wildman–Crippen LogP) is 6.21. The smallest absolute Gasteiger partial charge is 0.313 e. The lowest BCUT2D eigenvalue weighted by molar-refractivity contribution is -0.450. The maximum atomic E-state index is 13.4. The lowest BCUT2D eigenvalue weighted by atomic mass is 9.90. The van der Waals surface area contributed by atoms with Gasteiger partial charge in [0.2, 0.25) is 0 Å². The van der Waals surface area contributed by atoms with Crippen LogP contribution in [0, 0.1) is 0 Å². The van der Waals surface area contributed by atoms with Gasteiger partial charge < -0.3 is 5.32 Å². The fourth-order valence-corrected chi connectivity index (χ4v) is 1.69. The highest BCUT2D eigenvalue weighted by Gasteiger charge is 2.93. The van der Waals surface area contributed by atoms with Crippen molar-refractivity contribution in [3.8, 4) is 0 Å². The second-order valence-corrected chi connectivity index (χ2v) is 5.70. The first-order valence-electron chi connectivity index (χ1n) is 7.38. The van der Waals surface area contributed by atoms with Gasteiger partial charge >= 0.3 is 41.7 Å². The molecular weight excluding hydrogens is 474 g/mol. The first-order chi connectivity index (χ1) is 13.0. The maximum absolute atomic E-state index is 13.4. The lowest BCUT2D eigenvalue weighted by Crippen LogP contribution is -2.72. The molecule has 0 bridgehead atoms. The van der Waals surface area contributed by atoms with Gasteiger partial charge in [-0.3, -0.25) is 0 Å². The Morgan fingerprint density at radius 1 is 0.633 bits per heavy atom. The minimum Gasteiger partial charge on any atom is -0.313 e. The highest BCUT2D eigenvalue weighted by atomic mass is 19.4. The Morgan fingerprint density at radius 3 is 1.37 bits per heavy atom.